The quantitative estimate of drug-likeness (QED) is 0.189. The third-order valence-corrected chi connectivity index (χ3v) is 11.9. The second-order valence-electron chi connectivity index (χ2n) is 15.3. The van der Waals surface area contributed by atoms with E-state index in [9.17, 15) is 0 Å². The zero-order valence-corrected chi connectivity index (χ0v) is 32.2. The van der Waals surface area contributed by atoms with Crippen molar-refractivity contribution in [3.05, 3.63) is 176 Å². The molecule has 1 aliphatic rings. The van der Waals surface area contributed by atoms with E-state index in [1.165, 1.54) is 50.1 Å². The van der Waals surface area contributed by atoms with Crippen LogP contribution in [0.15, 0.2) is 185 Å². The molecule has 7 aromatic carbocycles. The number of hydrogen-bond donors (Lipinski definition) is 1. The molecular formula is C54H35N3O2. The summed E-state index contributed by atoms with van der Waals surface area (Å²) in [5, 5.41) is 7.58. The molecule has 0 atom stereocenters. The largest absolute Gasteiger partial charge is 0.454 e. The summed E-state index contributed by atoms with van der Waals surface area (Å²) in [6, 6.07) is 57.5. The van der Waals surface area contributed by atoms with E-state index in [-0.39, 0.29) is 0 Å². The number of aromatic nitrogens is 2. The minimum Gasteiger partial charge on any atom is -0.454 e. The summed E-state index contributed by atoms with van der Waals surface area (Å²) in [5.41, 5.74) is 19.8. The van der Waals surface area contributed by atoms with Crippen molar-refractivity contribution in [2.24, 2.45) is 0 Å². The summed E-state index contributed by atoms with van der Waals surface area (Å²) in [5.74, 6) is 0.834. The molecule has 4 aromatic heterocycles. The van der Waals surface area contributed by atoms with Crippen LogP contribution in [-0.2, 0) is 0 Å². The number of benzene rings is 7. The van der Waals surface area contributed by atoms with Crippen LogP contribution in [0.4, 0.5) is 5.82 Å². The molecule has 5 nitrogen and oxygen atoms in total. The molecule has 12 rings (SSSR count). The van der Waals surface area contributed by atoms with Crippen LogP contribution in [0, 0.1) is 0 Å². The Morgan fingerprint density at radius 3 is 1.56 bits per heavy atom. The number of hydrogen-bond acceptors (Lipinski definition) is 5. The van der Waals surface area contributed by atoms with E-state index >= 15 is 0 Å². The second kappa shape index (κ2) is 13.2. The van der Waals surface area contributed by atoms with Crippen molar-refractivity contribution in [3.8, 4) is 77.9 Å². The highest BCUT2D eigenvalue weighted by molar-refractivity contribution is 6.10. The molecule has 278 valence electrons. The molecule has 1 aliphatic carbocycles. The predicted octanol–water partition coefficient (Wildman–Crippen LogP) is 14.7. The molecule has 11 aromatic rings. The zero-order valence-electron chi connectivity index (χ0n) is 32.2. The van der Waals surface area contributed by atoms with Crippen molar-refractivity contribution in [1.82, 2.24) is 9.97 Å². The fraction of sp³-hybridized carbons (Fsp3) is 0.0370. The maximum atomic E-state index is 6.30. The summed E-state index contributed by atoms with van der Waals surface area (Å²) < 4.78 is 12.5. The van der Waals surface area contributed by atoms with Crippen LogP contribution < -0.4 is 5.32 Å². The van der Waals surface area contributed by atoms with Crippen molar-refractivity contribution < 1.29 is 8.83 Å². The topological polar surface area (TPSA) is 64.1 Å². The van der Waals surface area contributed by atoms with Gasteiger partial charge in [0.2, 0.25) is 0 Å². The second-order valence-corrected chi connectivity index (χ2v) is 15.3. The summed E-state index contributed by atoms with van der Waals surface area (Å²) in [6.07, 6.45) is 5.43. The van der Waals surface area contributed by atoms with Gasteiger partial charge in [-0.05, 0) is 139 Å². The van der Waals surface area contributed by atoms with Gasteiger partial charge in [0.05, 0.1) is 12.4 Å². The highest BCUT2D eigenvalue weighted by Crippen LogP contribution is 2.51. The van der Waals surface area contributed by atoms with Gasteiger partial charge in [-0.1, -0.05) is 103 Å². The number of rotatable bonds is 5. The first-order valence-corrected chi connectivity index (χ1v) is 20.1. The maximum absolute atomic E-state index is 6.30. The SMILES string of the molecule is CCNc1cc2c(cn1)oc1ccc(-c3cc(-c4ccc5oc6cnccc6c5c4)cc(-c4cccc5c4-c4ccccc4-c4ccccc4-c4ccccc4-5)c3)cc12. The minimum absolute atomic E-state index is 0.771. The van der Waals surface area contributed by atoms with Crippen molar-refractivity contribution in [1.29, 1.82) is 0 Å². The molecule has 0 aliphatic heterocycles. The summed E-state index contributed by atoms with van der Waals surface area (Å²) in [7, 11) is 0. The number of nitrogens with one attached hydrogen (secondary N) is 1. The van der Waals surface area contributed by atoms with Crippen LogP contribution in [0.1, 0.15) is 6.92 Å². The van der Waals surface area contributed by atoms with E-state index in [2.05, 4.69) is 174 Å². The number of fused-ring (bicyclic) bond motifs is 14. The number of anilines is 1. The van der Waals surface area contributed by atoms with Crippen LogP contribution in [0.25, 0.3) is 122 Å². The maximum Gasteiger partial charge on any atom is 0.153 e. The lowest BCUT2D eigenvalue weighted by molar-refractivity contribution is 0.666. The first-order valence-electron chi connectivity index (χ1n) is 20.1. The molecule has 0 amide bonds. The van der Waals surface area contributed by atoms with E-state index in [4.69, 9.17) is 8.83 Å². The van der Waals surface area contributed by atoms with Gasteiger partial charge in [-0.3, -0.25) is 4.98 Å². The van der Waals surface area contributed by atoms with Crippen molar-refractivity contribution in [2.75, 3.05) is 11.9 Å². The number of nitrogens with zero attached hydrogens (tertiary/aromatic N) is 2. The summed E-state index contributed by atoms with van der Waals surface area (Å²) in [4.78, 5) is 8.89. The van der Waals surface area contributed by atoms with E-state index < -0.39 is 0 Å². The monoisotopic (exact) mass is 757 g/mol. The van der Waals surface area contributed by atoms with Crippen LogP contribution >= 0.6 is 0 Å². The fourth-order valence-electron chi connectivity index (χ4n) is 9.22. The van der Waals surface area contributed by atoms with E-state index in [0.717, 1.165) is 84.1 Å². The van der Waals surface area contributed by atoms with Crippen LogP contribution in [0.2, 0.25) is 0 Å². The Labute approximate surface area is 340 Å². The summed E-state index contributed by atoms with van der Waals surface area (Å²) >= 11 is 0. The van der Waals surface area contributed by atoms with E-state index in [1.807, 2.05) is 18.5 Å². The van der Waals surface area contributed by atoms with Gasteiger partial charge < -0.3 is 14.2 Å². The van der Waals surface area contributed by atoms with Gasteiger partial charge in [0.15, 0.2) is 11.2 Å². The molecule has 0 radical (unpaired) electrons. The predicted molar refractivity (Wildman–Crippen MR) is 242 cm³/mol. The van der Waals surface area contributed by atoms with Crippen molar-refractivity contribution in [3.63, 3.8) is 0 Å². The van der Waals surface area contributed by atoms with Crippen LogP contribution in [0.5, 0.6) is 0 Å². The normalized spacial score (nSPS) is 11.9. The molecule has 0 unspecified atom stereocenters. The molecule has 4 heterocycles. The van der Waals surface area contributed by atoms with Gasteiger partial charge in [0.25, 0.3) is 0 Å². The molecule has 0 fully saturated rings. The van der Waals surface area contributed by atoms with Crippen molar-refractivity contribution >= 4 is 49.7 Å². The Hall–Kier alpha value is -7.76. The van der Waals surface area contributed by atoms with Gasteiger partial charge >= 0.3 is 0 Å². The van der Waals surface area contributed by atoms with Crippen LogP contribution in [0.3, 0.4) is 0 Å². The minimum atomic E-state index is 0.771. The lowest BCUT2D eigenvalue weighted by Gasteiger charge is -2.25. The van der Waals surface area contributed by atoms with Gasteiger partial charge in [-0.25, -0.2) is 4.98 Å². The lowest BCUT2D eigenvalue weighted by atomic mass is 9.78. The zero-order chi connectivity index (χ0) is 39.0. The Morgan fingerprint density at radius 2 is 0.915 bits per heavy atom. The van der Waals surface area contributed by atoms with Gasteiger partial charge in [-0.2, -0.15) is 0 Å². The first kappa shape index (κ1) is 33.4. The molecule has 0 saturated carbocycles. The highest BCUT2D eigenvalue weighted by atomic mass is 16.3. The van der Waals surface area contributed by atoms with E-state index in [1.54, 1.807) is 6.20 Å². The van der Waals surface area contributed by atoms with Crippen LogP contribution in [-0.4, -0.2) is 16.5 Å². The standard InChI is InChI=1S/C54H35N3O2/c1-2-56-53-29-48-47-28-33(19-21-50(47)59-52(48)31-57-53)35-24-34(32-18-20-49-46(27-32)43-22-23-55-30-51(43)58-49)25-36(26-35)37-16-9-17-45-42-13-6-5-12-40(42)38-10-3-4-11-39(38)41-14-7-8-15-44(41)54(37)45/h3-31H,2H2,1H3,(H,56,57). The third-order valence-electron chi connectivity index (χ3n) is 11.9. The average molecular weight is 758 g/mol. The first-order chi connectivity index (χ1) is 29.2. The molecule has 59 heavy (non-hydrogen) atoms. The number of pyridine rings is 2. The molecule has 0 saturated heterocycles. The lowest BCUT2D eigenvalue weighted by Crippen LogP contribution is -1.99. The Kier molecular flexibility index (Phi) is 7.44. The third kappa shape index (κ3) is 5.32. The average Bonchev–Trinajstić information content (AvgIpc) is 3.85. The molecule has 0 spiro atoms. The van der Waals surface area contributed by atoms with Gasteiger partial charge in [-0.15, -0.1) is 0 Å². The summed E-state index contributed by atoms with van der Waals surface area (Å²) in [6.45, 7) is 2.87. The van der Waals surface area contributed by atoms with E-state index in [0.29, 0.717) is 0 Å². The smallest absolute Gasteiger partial charge is 0.153 e. The Balaban J connectivity index is 1.13. The Morgan fingerprint density at radius 1 is 0.407 bits per heavy atom. The van der Waals surface area contributed by atoms with Crippen molar-refractivity contribution in [2.45, 2.75) is 6.92 Å². The molecule has 0 bridgehead atoms. The van der Waals surface area contributed by atoms with Gasteiger partial charge in [0, 0.05) is 34.3 Å². The molecule has 5 heteroatoms. The molecule has 1 N–H and O–H groups in total. The highest BCUT2D eigenvalue weighted by Gasteiger charge is 2.24. The Bertz CT molecular complexity index is 3480. The molecular weight excluding hydrogens is 723 g/mol. The fourth-order valence-corrected chi connectivity index (χ4v) is 9.22. The number of furan rings is 2. The van der Waals surface area contributed by atoms with Gasteiger partial charge in [0.1, 0.15) is 17.0 Å².